The lowest BCUT2D eigenvalue weighted by Gasteiger charge is -1.97. The van der Waals surface area contributed by atoms with Crippen LogP contribution in [-0.2, 0) is 6.54 Å². The number of aromatic nitrogens is 2. The van der Waals surface area contributed by atoms with Crippen molar-refractivity contribution in [3.8, 4) is 5.88 Å². The fraction of sp³-hybridized carbons (Fsp3) is 0.571. The first kappa shape index (κ1) is 8.79. The minimum absolute atomic E-state index is 0.0654. The predicted molar refractivity (Wildman–Crippen MR) is 48.5 cm³/mol. The van der Waals surface area contributed by atoms with E-state index in [-0.39, 0.29) is 11.6 Å². The lowest BCUT2D eigenvalue weighted by atomic mass is 10.5. The average Bonchev–Trinajstić information content (AvgIpc) is 2.62. The van der Waals surface area contributed by atoms with Gasteiger partial charge in [-0.1, -0.05) is 0 Å². The van der Waals surface area contributed by atoms with Crippen LogP contribution in [0.5, 0.6) is 5.88 Å². The third-order valence-electron chi connectivity index (χ3n) is 1.98. The molecule has 0 bridgehead atoms. The molecule has 2 heterocycles. The highest BCUT2D eigenvalue weighted by Crippen LogP contribution is 2.36. The number of fused-ring (bicyclic) bond motifs is 1. The second-order valence-corrected chi connectivity index (χ2v) is 2.84. The maximum atomic E-state index is 10.7. The van der Waals surface area contributed by atoms with Crippen LogP contribution in [0.3, 0.4) is 0 Å². The van der Waals surface area contributed by atoms with Crippen molar-refractivity contribution in [3.63, 3.8) is 0 Å². The molecule has 76 valence electrons. The van der Waals surface area contributed by atoms with Crippen molar-refractivity contribution in [2.24, 2.45) is 0 Å². The molecule has 7 heteroatoms. The fourth-order valence-corrected chi connectivity index (χ4v) is 1.45. The third kappa shape index (κ3) is 1.17. The second kappa shape index (κ2) is 3.17. The number of anilines is 1. The molecule has 0 saturated carbocycles. The highest BCUT2D eigenvalue weighted by molar-refractivity contribution is 5.64. The molecule has 0 atom stereocenters. The van der Waals surface area contributed by atoms with Gasteiger partial charge in [0.25, 0.3) is 0 Å². The SMILES string of the molecule is CCOc1nn2c(c1[N+](=O)[O-])NCC2. The summed E-state index contributed by atoms with van der Waals surface area (Å²) in [4.78, 5) is 10.3. The van der Waals surface area contributed by atoms with Crippen molar-refractivity contribution < 1.29 is 9.66 Å². The van der Waals surface area contributed by atoms with Crippen molar-refractivity contribution >= 4 is 11.5 Å². The van der Waals surface area contributed by atoms with Crippen LogP contribution in [0, 0.1) is 10.1 Å². The summed E-state index contributed by atoms with van der Waals surface area (Å²) in [5.41, 5.74) is -0.0654. The van der Waals surface area contributed by atoms with Gasteiger partial charge in [0.2, 0.25) is 5.82 Å². The van der Waals surface area contributed by atoms with Gasteiger partial charge < -0.3 is 10.1 Å². The Balaban J connectivity index is 2.45. The first-order chi connectivity index (χ1) is 6.74. The zero-order chi connectivity index (χ0) is 10.1. The summed E-state index contributed by atoms with van der Waals surface area (Å²) in [6.07, 6.45) is 0. The van der Waals surface area contributed by atoms with Gasteiger partial charge in [0, 0.05) is 6.54 Å². The number of nitrogens with one attached hydrogen (secondary N) is 1. The number of nitro groups is 1. The van der Waals surface area contributed by atoms with Gasteiger partial charge in [-0.25, -0.2) is 4.68 Å². The maximum Gasteiger partial charge on any atom is 0.373 e. The average molecular weight is 198 g/mol. The van der Waals surface area contributed by atoms with Crippen LogP contribution >= 0.6 is 0 Å². The number of hydrogen-bond donors (Lipinski definition) is 1. The Labute approximate surface area is 79.8 Å². The van der Waals surface area contributed by atoms with Gasteiger partial charge in [-0.15, -0.1) is 5.10 Å². The summed E-state index contributed by atoms with van der Waals surface area (Å²) >= 11 is 0. The predicted octanol–water partition coefficient (Wildman–Crippen LogP) is 0.615. The van der Waals surface area contributed by atoms with Gasteiger partial charge in [-0.3, -0.25) is 10.1 Å². The molecule has 1 aliphatic heterocycles. The Morgan fingerprint density at radius 1 is 1.79 bits per heavy atom. The fourth-order valence-electron chi connectivity index (χ4n) is 1.45. The van der Waals surface area contributed by atoms with Gasteiger partial charge in [0.05, 0.1) is 18.1 Å². The van der Waals surface area contributed by atoms with E-state index in [1.165, 1.54) is 0 Å². The molecular weight excluding hydrogens is 188 g/mol. The molecule has 1 aromatic rings. The van der Waals surface area contributed by atoms with Crippen LogP contribution in [0.1, 0.15) is 6.92 Å². The Bertz CT molecular complexity index is 373. The quantitative estimate of drug-likeness (QED) is 0.568. The van der Waals surface area contributed by atoms with E-state index in [1.807, 2.05) is 0 Å². The van der Waals surface area contributed by atoms with E-state index in [4.69, 9.17) is 4.74 Å². The zero-order valence-corrected chi connectivity index (χ0v) is 7.69. The van der Waals surface area contributed by atoms with Crippen LogP contribution in [-0.4, -0.2) is 27.9 Å². The summed E-state index contributed by atoms with van der Waals surface area (Å²) in [6.45, 7) is 3.46. The van der Waals surface area contributed by atoms with Crippen molar-refractivity contribution in [1.29, 1.82) is 0 Å². The molecule has 0 aliphatic carbocycles. The molecule has 2 rings (SSSR count). The van der Waals surface area contributed by atoms with Crippen molar-refractivity contribution in [1.82, 2.24) is 9.78 Å². The summed E-state index contributed by atoms with van der Waals surface area (Å²) in [6, 6.07) is 0. The third-order valence-corrected chi connectivity index (χ3v) is 1.98. The Morgan fingerprint density at radius 3 is 3.21 bits per heavy atom. The van der Waals surface area contributed by atoms with Gasteiger partial charge in [-0.2, -0.15) is 0 Å². The molecule has 0 saturated heterocycles. The molecule has 0 radical (unpaired) electrons. The molecule has 1 aliphatic rings. The summed E-state index contributed by atoms with van der Waals surface area (Å²) in [7, 11) is 0. The van der Waals surface area contributed by atoms with E-state index < -0.39 is 4.92 Å². The lowest BCUT2D eigenvalue weighted by molar-refractivity contribution is -0.384. The van der Waals surface area contributed by atoms with Crippen LogP contribution < -0.4 is 10.1 Å². The molecule has 1 N–H and O–H groups in total. The zero-order valence-electron chi connectivity index (χ0n) is 7.69. The summed E-state index contributed by atoms with van der Waals surface area (Å²) in [5.74, 6) is 0.540. The molecule has 7 nitrogen and oxygen atoms in total. The van der Waals surface area contributed by atoms with Crippen LogP contribution in [0.25, 0.3) is 0 Å². The first-order valence-electron chi connectivity index (χ1n) is 4.36. The lowest BCUT2D eigenvalue weighted by Crippen LogP contribution is -2.01. The van der Waals surface area contributed by atoms with Crippen molar-refractivity contribution in [3.05, 3.63) is 10.1 Å². The molecule has 0 fully saturated rings. The molecule has 0 aromatic carbocycles. The van der Waals surface area contributed by atoms with Crippen molar-refractivity contribution in [2.45, 2.75) is 13.5 Å². The second-order valence-electron chi connectivity index (χ2n) is 2.84. The van der Waals surface area contributed by atoms with Gasteiger partial charge in [-0.05, 0) is 6.92 Å². The normalized spacial score (nSPS) is 13.5. The maximum absolute atomic E-state index is 10.7. The van der Waals surface area contributed by atoms with Crippen LogP contribution in [0.2, 0.25) is 0 Å². The van der Waals surface area contributed by atoms with Crippen molar-refractivity contribution in [2.75, 3.05) is 18.5 Å². The van der Waals surface area contributed by atoms with E-state index in [9.17, 15) is 10.1 Å². The number of ether oxygens (including phenoxy) is 1. The topological polar surface area (TPSA) is 82.2 Å². The molecule has 0 spiro atoms. The van der Waals surface area contributed by atoms with Crippen LogP contribution in [0.15, 0.2) is 0 Å². The van der Waals surface area contributed by atoms with E-state index in [1.54, 1.807) is 11.6 Å². The molecule has 1 aromatic heterocycles. The van der Waals surface area contributed by atoms with Gasteiger partial charge in [0.1, 0.15) is 0 Å². The standard InChI is InChI=1S/C7H10N4O3/c1-2-14-7-5(11(12)13)6-8-3-4-10(6)9-7/h8H,2-4H2,1H3. The monoisotopic (exact) mass is 198 g/mol. The molecule has 0 unspecified atom stereocenters. The summed E-state index contributed by atoms with van der Waals surface area (Å²) in [5, 5.41) is 17.6. The highest BCUT2D eigenvalue weighted by atomic mass is 16.6. The van der Waals surface area contributed by atoms with E-state index >= 15 is 0 Å². The number of rotatable bonds is 3. The van der Waals surface area contributed by atoms with Gasteiger partial charge in [0.15, 0.2) is 0 Å². The Morgan fingerprint density at radius 2 is 2.57 bits per heavy atom. The van der Waals surface area contributed by atoms with Gasteiger partial charge >= 0.3 is 11.6 Å². The number of nitrogens with zero attached hydrogens (tertiary/aromatic N) is 3. The largest absolute Gasteiger partial charge is 0.472 e. The number of hydrogen-bond acceptors (Lipinski definition) is 5. The van der Waals surface area contributed by atoms with Crippen LogP contribution in [0.4, 0.5) is 11.5 Å². The molecule has 14 heavy (non-hydrogen) atoms. The molecular formula is C7H10N4O3. The highest BCUT2D eigenvalue weighted by Gasteiger charge is 2.31. The summed E-state index contributed by atoms with van der Waals surface area (Å²) < 4.78 is 6.64. The minimum atomic E-state index is -0.470. The Hall–Kier alpha value is -1.79. The molecule has 0 amide bonds. The first-order valence-corrected chi connectivity index (χ1v) is 4.36. The minimum Gasteiger partial charge on any atom is -0.472 e. The van der Waals surface area contributed by atoms with E-state index in [0.29, 0.717) is 25.5 Å². The Kier molecular flexibility index (Phi) is 1.99. The van der Waals surface area contributed by atoms with E-state index in [2.05, 4.69) is 10.4 Å². The smallest absolute Gasteiger partial charge is 0.373 e. The van der Waals surface area contributed by atoms with E-state index in [0.717, 1.165) is 0 Å².